The highest BCUT2D eigenvalue weighted by Gasteiger charge is 2.42. The summed E-state index contributed by atoms with van der Waals surface area (Å²) in [5.74, 6) is 0.638. The summed E-state index contributed by atoms with van der Waals surface area (Å²) in [6, 6.07) is 10.9. The van der Waals surface area contributed by atoms with Crippen molar-refractivity contribution in [3.63, 3.8) is 0 Å². The van der Waals surface area contributed by atoms with Crippen molar-refractivity contribution in [3.8, 4) is 5.75 Å². The van der Waals surface area contributed by atoms with Crippen LogP contribution in [0.15, 0.2) is 45.6 Å². The van der Waals surface area contributed by atoms with Crippen LogP contribution in [0.2, 0.25) is 0 Å². The molecule has 174 valence electrons. The molecule has 1 aliphatic rings. The molecule has 0 saturated heterocycles. The topological polar surface area (TPSA) is 63.0 Å². The summed E-state index contributed by atoms with van der Waals surface area (Å²) in [5.41, 5.74) is 3.64. The molecule has 0 spiro atoms. The standard InChI is InChI=1S/C27H32N2O4/c1-6-28(7-2)12-13-29-24(19-10-9-11-20(16-19)32-8-3)23-25(30)21-14-17(4)18(5)15-22(21)33-26(23)27(29)31/h9-11,14-16,24H,6-8,12-13H2,1-5H3. The molecular formula is C27H32N2O4. The predicted octanol–water partition coefficient (Wildman–Crippen LogP) is 4.70. The first-order valence-electron chi connectivity index (χ1n) is 11.7. The Morgan fingerprint density at radius 2 is 1.76 bits per heavy atom. The molecule has 3 aromatic rings. The van der Waals surface area contributed by atoms with Gasteiger partial charge in [0.25, 0.3) is 5.91 Å². The van der Waals surface area contributed by atoms with E-state index >= 15 is 0 Å². The van der Waals surface area contributed by atoms with Crippen LogP contribution in [0.4, 0.5) is 0 Å². The first-order chi connectivity index (χ1) is 15.9. The summed E-state index contributed by atoms with van der Waals surface area (Å²) in [6.45, 7) is 13.7. The number of benzene rings is 2. The molecule has 0 N–H and O–H groups in total. The van der Waals surface area contributed by atoms with Gasteiger partial charge in [0.05, 0.1) is 23.6 Å². The number of likely N-dealkylation sites (N-methyl/N-ethyl adjacent to an activating group) is 1. The van der Waals surface area contributed by atoms with Gasteiger partial charge in [-0.05, 0) is 74.8 Å². The van der Waals surface area contributed by atoms with Crippen molar-refractivity contribution in [3.05, 3.63) is 74.6 Å². The third kappa shape index (κ3) is 4.15. The van der Waals surface area contributed by atoms with E-state index in [0.717, 1.165) is 42.1 Å². The maximum atomic E-state index is 13.7. The summed E-state index contributed by atoms with van der Waals surface area (Å²) >= 11 is 0. The number of hydrogen-bond donors (Lipinski definition) is 0. The van der Waals surface area contributed by atoms with E-state index in [1.807, 2.05) is 57.2 Å². The highest BCUT2D eigenvalue weighted by molar-refractivity contribution is 5.99. The number of aryl methyl sites for hydroxylation is 2. The van der Waals surface area contributed by atoms with Crippen LogP contribution in [0.3, 0.4) is 0 Å². The van der Waals surface area contributed by atoms with Gasteiger partial charge in [-0.15, -0.1) is 0 Å². The zero-order valence-corrected chi connectivity index (χ0v) is 20.1. The van der Waals surface area contributed by atoms with E-state index in [9.17, 15) is 9.59 Å². The van der Waals surface area contributed by atoms with Gasteiger partial charge in [-0.2, -0.15) is 0 Å². The summed E-state index contributed by atoms with van der Waals surface area (Å²) in [7, 11) is 0. The zero-order valence-electron chi connectivity index (χ0n) is 20.1. The molecule has 0 bridgehead atoms. The maximum absolute atomic E-state index is 13.7. The van der Waals surface area contributed by atoms with Gasteiger partial charge in [0.1, 0.15) is 11.3 Å². The maximum Gasteiger partial charge on any atom is 0.290 e. The lowest BCUT2D eigenvalue weighted by atomic mass is 9.97. The monoisotopic (exact) mass is 448 g/mol. The van der Waals surface area contributed by atoms with E-state index in [4.69, 9.17) is 9.15 Å². The van der Waals surface area contributed by atoms with E-state index in [0.29, 0.717) is 29.7 Å². The second-order valence-electron chi connectivity index (χ2n) is 8.54. The third-order valence-corrected chi connectivity index (χ3v) is 6.62. The van der Waals surface area contributed by atoms with Crippen LogP contribution in [0.5, 0.6) is 5.75 Å². The van der Waals surface area contributed by atoms with Crippen molar-refractivity contribution in [1.82, 2.24) is 9.80 Å². The molecule has 6 nitrogen and oxygen atoms in total. The van der Waals surface area contributed by atoms with Gasteiger partial charge < -0.3 is 19.0 Å². The van der Waals surface area contributed by atoms with Crippen molar-refractivity contribution >= 4 is 16.9 Å². The van der Waals surface area contributed by atoms with Crippen molar-refractivity contribution in [1.29, 1.82) is 0 Å². The quantitative estimate of drug-likeness (QED) is 0.500. The van der Waals surface area contributed by atoms with Crippen LogP contribution in [0, 0.1) is 13.8 Å². The van der Waals surface area contributed by atoms with Crippen molar-refractivity contribution in [2.45, 2.75) is 40.7 Å². The molecule has 0 saturated carbocycles. The highest BCUT2D eigenvalue weighted by atomic mass is 16.5. The van der Waals surface area contributed by atoms with E-state index in [-0.39, 0.29) is 17.1 Å². The van der Waals surface area contributed by atoms with Gasteiger partial charge >= 0.3 is 0 Å². The Morgan fingerprint density at radius 1 is 1.03 bits per heavy atom. The molecule has 6 heteroatoms. The van der Waals surface area contributed by atoms with Crippen LogP contribution < -0.4 is 10.2 Å². The lowest BCUT2D eigenvalue weighted by Gasteiger charge is -2.28. The molecule has 0 aliphatic carbocycles. The average molecular weight is 449 g/mol. The first kappa shape index (κ1) is 23.1. The third-order valence-electron chi connectivity index (χ3n) is 6.62. The number of hydrogen-bond acceptors (Lipinski definition) is 5. The van der Waals surface area contributed by atoms with Gasteiger partial charge in [-0.3, -0.25) is 9.59 Å². The minimum Gasteiger partial charge on any atom is -0.494 e. The fourth-order valence-electron chi connectivity index (χ4n) is 4.58. The molecule has 4 rings (SSSR count). The van der Waals surface area contributed by atoms with Gasteiger partial charge in [0, 0.05) is 13.1 Å². The number of nitrogens with zero attached hydrogens (tertiary/aromatic N) is 2. The second kappa shape index (κ2) is 9.40. The summed E-state index contributed by atoms with van der Waals surface area (Å²) in [4.78, 5) is 31.4. The van der Waals surface area contributed by atoms with Crippen LogP contribution in [-0.2, 0) is 0 Å². The number of ether oxygens (including phenoxy) is 1. The largest absolute Gasteiger partial charge is 0.494 e. The SMILES string of the molecule is CCOc1cccc(C2c3c(oc4cc(C)c(C)cc4c3=O)C(=O)N2CCN(CC)CC)c1. The number of carbonyl (C=O) groups is 1. The van der Waals surface area contributed by atoms with E-state index in [1.54, 1.807) is 4.90 Å². The normalized spacial score (nSPS) is 15.5. The van der Waals surface area contributed by atoms with Crippen LogP contribution in [-0.4, -0.2) is 48.5 Å². The minimum absolute atomic E-state index is 0.139. The lowest BCUT2D eigenvalue weighted by Crippen LogP contribution is -2.37. The molecule has 1 aliphatic heterocycles. The average Bonchev–Trinajstić information content (AvgIpc) is 3.08. The Balaban J connectivity index is 1.89. The molecule has 2 heterocycles. The molecule has 0 fully saturated rings. The smallest absolute Gasteiger partial charge is 0.290 e. The second-order valence-corrected chi connectivity index (χ2v) is 8.54. The van der Waals surface area contributed by atoms with E-state index in [2.05, 4.69) is 18.7 Å². The van der Waals surface area contributed by atoms with E-state index < -0.39 is 6.04 Å². The van der Waals surface area contributed by atoms with Crippen LogP contribution >= 0.6 is 0 Å². The van der Waals surface area contributed by atoms with Crippen molar-refractivity contribution < 1.29 is 13.9 Å². The fraction of sp³-hybridized carbons (Fsp3) is 0.407. The molecule has 1 unspecified atom stereocenters. The van der Waals surface area contributed by atoms with Gasteiger partial charge in [-0.25, -0.2) is 0 Å². The van der Waals surface area contributed by atoms with Gasteiger partial charge in [0.15, 0.2) is 5.43 Å². The van der Waals surface area contributed by atoms with Gasteiger partial charge in [-0.1, -0.05) is 26.0 Å². The van der Waals surface area contributed by atoms with Crippen molar-refractivity contribution in [2.75, 3.05) is 32.8 Å². The van der Waals surface area contributed by atoms with Crippen LogP contribution in [0.25, 0.3) is 11.0 Å². The molecule has 33 heavy (non-hydrogen) atoms. The molecule has 1 aromatic heterocycles. The van der Waals surface area contributed by atoms with Crippen molar-refractivity contribution in [2.24, 2.45) is 0 Å². The Hall–Kier alpha value is -3.12. The molecular weight excluding hydrogens is 416 g/mol. The number of fused-ring (bicyclic) bond motifs is 2. The lowest BCUT2D eigenvalue weighted by molar-refractivity contribution is 0.0708. The van der Waals surface area contributed by atoms with E-state index in [1.165, 1.54) is 0 Å². The number of rotatable bonds is 8. The molecule has 2 aromatic carbocycles. The summed E-state index contributed by atoms with van der Waals surface area (Å²) in [6.07, 6.45) is 0. The molecule has 1 atom stereocenters. The Kier molecular flexibility index (Phi) is 6.56. The predicted molar refractivity (Wildman–Crippen MR) is 130 cm³/mol. The number of carbonyl (C=O) groups excluding carboxylic acids is 1. The zero-order chi connectivity index (χ0) is 23.7. The number of amides is 1. The Bertz CT molecular complexity index is 1240. The molecule has 0 radical (unpaired) electrons. The Labute approximate surface area is 194 Å². The minimum atomic E-state index is -0.509. The summed E-state index contributed by atoms with van der Waals surface area (Å²) in [5, 5.41) is 0.515. The van der Waals surface area contributed by atoms with Gasteiger partial charge in [0.2, 0.25) is 5.76 Å². The highest BCUT2D eigenvalue weighted by Crippen LogP contribution is 2.39. The summed E-state index contributed by atoms with van der Waals surface area (Å²) < 4.78 is 11.8. The molecule has 1 amide bonds. The Morgan fingerprint density at radius 3 is 2.45 bits per heavy atom. The fourth-order valence-corrected chi connectivity index (χ4v) is 4.58. The first-order valence-corrected chi connectivity index (χ1v) is 11.7. The van der Waals surface area contributed by atoms with Crippen LogP contribution in [0.1, 0.15) is 59.6 Å².